The first kappa shape index (κ1) is 20.5. The quantitative estimate of drug-likeness (QED) is 0.694. The van der Waals surface area contributed by atoms with Gasteiger partial charge in [-0.15, -0.1) is 0 Å². The number of carbonyl (C=O) groups is 3. The fourth-order valence-corrected chi connectivity index (χ4v) is 2.70. The number of hydrogen-bond donors (Lipinski definition) is 2. The van der Waals surface area contributed by atoms with Crippen LogP contribution in [0.1, 0.15) is 33.3 Å². The lowest BCUT2D eigenvalue weighted by Crippen LogP contribution is -2.48. The Morgan fingerprint density at radius 3 is 2.12 bits per heavy atom. The van der Waals surface area contributed by atoms with Crippen molar-refractivity contribution in [3.05, 3.63) is 35.9 Å². The summed E-state index contributed by atoms with van der Waals surface area (Å²) in [7, 11) is 0. The molecule has 7 heteroatoms. The van der Waals surface area contributed by atoms with E-state index in [4.69, 9.17) is 10.5 Å². The highest BCUT2D eigenvalue weighted by molar-refractivity contribution is 5.85. The molecule has 0 aromatic heterocycles. The number of nitrogens with one attached hydrogen (secondary N) is 1. The van der Waals surface area contributed by atoms with Gasteiger partial charge in [-0.05, 0) is 33.3 Å². The zero-order valence-corrected chi connectivity index (χ0v) is 15.2. The van der Waals surface area contributed by atoms with Gasteiger partial charge in [0, 0.05) is 18.5 Å². The van der Waals surface area contributed by atoms with Gasteiger partial charge < -0.3 is 20.7 Å². The molecule has 0 spiro atoms. The van der Waals surface area contributed by atoms with Crippen LogP contribution in [0, 0.1) is 0 Å². The molecule has 0 radical (unpaired) electrons. The van der Waals surface area contributed by atoms with Crippen molar-refractivity contribution in [1.82, 2.24) is 10.2 Å². The highest BCUT2D eigenvalue weighted by Crippen LogP contribution is 2.08. The van der Waals surface area contributed by atoms with E-state index in [0.717, 1.165) is 5.56 Å². The van der Waals surface area contributed by atoms with Crippen molar-refractivity contribution in [2.75, 3.05) is 6.61 Å². The highest BCUT2D eigenvalue weighted by atomic mass is 16.5. The van der Waals surface area contributed by atoms with Gasteiger partial charge in [-0.3, -0.25) is 4.79 Å². The van der Waals surface area contributed by atoms with Crippen molar-refractivity contribution < 1.29 is 19.1 Å². The topological polar surface area (TPSA) is 102 Å². The number of carbonyl (C=O) groups excluding carboxylic acids is 3. The Labute approximate surface area is 148 Å². The normalized spacial score (nSPS) is 11.9. The number of benzene rings is 1. The molecule has 138 valence electrons. The Morgan fingerprint density at radius 2 is 1.64 bits per heavy atom. The minimum absolute atomic E-state index is 0.00457. The summed E-state index contributed by atoms with van der Waals surface area (Å²) in [6, 6.07) is 7.38. The summed E-state index contributed by atoms with van der Waals surface area (Å²) in [5, 5.41) is 2.37. The molecule has 1 rings (SSSR count). The van der Waals surface area contributed by atoms with Crippen LogP contribution in [0.2, 0.25) is 0 Å². The number of urea groups is 1. The monoisotopic (exact) mass is 349 g/mol. The number of ether oxygens (including phenoxy) is 1. The molecular weight excluding hydrogens is 322 g/mol. The molecule has 0 unspecified atom stereocenters. The van der Waals surface area contributed by atoms with Crippen molar-refractivity contribution in [3.8, 4) is 0 Å². The minimum atomic E-state index is -0.945. The van der Waals surface area contributed by atoms with E-state index < -0.39 is 18.0 Å². The largest absolute Gasteiger partial charge is 0.454 e. The van der Waals surface area contributed by atoms with E-state index in [1.807, 2.05) is 58.0 Å². The molecule has 25 heavy (non-hydrogen) atoms. The summed E-state index contributed by atoms with van der Waals surface area (Å²) >= 11 is 0. The van der Waals surface area contributed by atoms with E-state index >= 15 is 0 Å². The molecule has 1 atom stereocenters. The summed E-state index contributed by atoms with van der Waals surface area (Å²) in [6.07, 6.45) is 0.231. The summed E-state index contributed by atoms with van der Waals surface area (Å²) in [6.45, 7) is 7.21. The molecule has 0 heterocycles. The van der Waals surface area contributed by atoms with Crippen molar-refractivity contribution in [2.45, 2.75) is 52.2 Å². The van der Waals surface area contributed by atoms with Crippen molar-refractivity contribution in [1.29, 1.82) is 0 Å². The average molecular weight is 349 g/mol. The molecule has 1 aromatic rings. The van der Waals surface area contributed by atoms with Crippen LogP contribution in [0.15, 0.2) is 30.3 Å². The van der Waals surface area contributed by atoms with Gasteiger partial charge in [0.25, 0.3) is 5.91 Å². The maximum atomic E-state index is 12.3. The molecule has 0 saturated carbocycles. The third-order valence-electron chi connectivity index (χ3n) is 3.62. The Kier molecular flexibility index (Phi) is 7.91. The molecule has 0 aliphatic carbocycles. The van der Waals surface area contributed by atoms with Crippen LogP contribution in [0.4, 0.5) is 4.79 Å². The molecule has 0 saturated heterocycles. The second kappa shape index (κ2) is 9.66. The van der Waals surface area contributed by atoms with Gasteiger partial charge in [-0.2, -0.15) is 0 Å². The molecule has 0 fully saturated rings. The zero-order valence-electron chi connectivity index (χ0n) is 15.2. The van der Waals surface area contributed by atoms with E-state index in [-0.39, 0.29) is 31.0 Å². The Bertz CT molecular complexity index is 579. The number of hydrogen-bond acceptors (Lipinski definition) is 4. The number of amides is 3. The first-order valence-electron chi connectivity index (χ1n) is 8.30. The van der Waals surface area contributed by atoms with E-state index in [9.17, 15) is 14.4 Å². The lowest BCUT2D eigenvalue weighted by molar-refractivity contribution is -0.155. The van der Waals surface area contributed by atoms with Crippen LogP contribution < -0.4 is 11.1 Å². The molecular formula is C18H27N3O4. The van der Waals surface area contributed by atoms with Crippen LogP contribution in [-0.4, -0.2) is 47.5 Å². The van der Waals surface area contributed by atoms with E-state index in [0.29, 0.717) is 0 Å². The van der Waals surface area contributed by atoms with Crippen molar-refractivity contribution in [3.63, 3.8) is 0 Å². The second-order valence-electron chi connectivity index (χ2n) is 6.35. The first-order valence-corrected chi connectivity index (χ1v) is 8.30. The third kappa shape index (κ3) is 6.82. The van der Waals surface area contributed by atoms with Crippen molar-refractivity contribution in [2.24, 2.45) is 5.73 Å². The molecule has 1 aromatic carbocycles. The smallest absolute Gasteiger partial charge is 0.329 e. The van der Waals surface area contributed by atoms with Crippen molar-refractivity contribution >= 4 is 17.9 Å². The van der Waals surface area contributed by atoms with Crippen LogP contribution in [0.3, 0.4) is 0 Å². The van der Waals surface area contributed by atoms with Crippen LogP contribution in [-0.2, 0) is 20.7 Å². The summed E-state index contributed by atoms with van der Waals surface area (Å²) in [5.41, 5.74) is 5.98. The fourth-order valence-electron chi connectivity index (χ4n) is 2.70. The lowest BCUT2D eigenvalue weighted by Gasteiger charge is -2.30. The predicted molar refractivity (Wildman–Crippen MR) is 94.7 cm³/mol. The van der Waals surface area contributed by atoms with E-state index in [1.165, 1.54) is 0 Å². The lowest BCUT2D eigenvalue weighted by atomic mass is 10.1. The zero-order chi connectivity index (χ0) is 19.0. The molecule has 3 amide bonds. The van der Waals surface area contributed by atoms with Crippen LogP contribution in [0.5, 0.6) is 0 Å². The minimum Gasteiger partial charge on any atom is -0.454 e. The molecule has 3 N–H and O–H groups in total. The van der Waals surface area contributed by atoms with Gasteiger partial charge in [0.2, 0.25) is 0 Å². The maximum Gasteiger partial charge on any atom is 0.329 e. The third-order valence-corrected chi connectivity index (χ3v) is 3.62. The van der Waals surface area contributed by atoms with Gasteiger partial charge >= 0.3 is 12.0 Å². The first-order chi connectivity index (χ1) is 11.7. The number of primary amides is 1. The Balaban J connectivity index is 2.71. The second-order valence-corrected chi connectivity index (χ2v) is 6.35. The number of rotatable bonds is 8. The molecule has 0 aliphatic heterocycles. The van der Waals surface area contributed by atoms with Crippen LogP contribution in [0.25, 0.3) is 0 Å². The number of esters is 1. The molecule has 7 nitrogen and oxygen atoms in total. The summed E-state index contributed by atoms with van der Waals surface area (Å²) in [5.74, 6) is -0.973. The number of nitrogens with zero attached hydrogens (tertiary/aromatic N) is 1. The standard InChI is InChI=1S/C18H27N3O4/c1-12(2)21(13(3)4)16(22)11-25-17(23)15(20-18(19)24)10-14-8-6-5-7-9-14/h5-9,12-13,15H,10-11H2,1-4H3,(H3,19,20,24)/t15-/m0/s1. The summed E-state index contributed by atoms with van der Waals surface area (Å²) in [4.78, 5) is 37.4. The number of nitrogens with two attached hydrogens (primary N) is 1. The van der Waals surface area contributed by atoms with Gasteiger partial charge in [0.05, 0.1) is 0 Å². The molecule has 0 bridgehead atoms. The Morgan fingerprint density at radius 1 is 1.08 bits per heavy atom. The van der Waals surface area contributed by atoms with E-state index in [1.54, 1.807) is 4.90 Å². The predicted octanol–water partition coefficient (Wildman–Crippen LogP) is 1.45. The average Bonchev–Trinajstić information content (AvgIpc) is 2.51. The van der Waals surface area contributed by atoms with Gasteiger partial charge in [-0.1, -0.05) is 30.3 Å². The SMILES string of the molecule is CC(C)N(C(=O)COC(=O)[C@H](Cc1ccccc1)NC(N)=O)C(C)C. The van der Waals surface area contributed by atoms with Gasteiger partial charge in [0.1, 0.15) is 6.04 Å². The van der Waals surface area contributed by atoms with Gasteiger partial charge in [0.15, 0.2) is 6.61 Å². The highest BCUT2D eigenvalue weighted by Gasteiger charge is 2.25. The maximum absolute atomic E-state index is 12.3. The summed E-state index contributed by atoms with van der Waals surface area (Å²) < 4.78 is 5.12. The van der Waals surface area contributed by atoms with E-state index in [2.05, 4.69) is 5.32 Å². The Hall–Kier alpha value is -2.57. The van der Waals surface area contributed by atoms with Crippen LogP contribution >= 0.6 is 0 Å². The fraction of sp³-hybridized carbons (Fsp3) is 0.500. The molecule has 0 aliphatic rings. The van der Waals surface area contributed by atoms with Gasteiger partial charge in [-0.25, -0.2) is 9.59 Å².